The van der Waals surface area contributed by atoms with Crippen LogP contribution >= 0.6 is 11.8 Å². The lowest BCUT2D eigenvalue weighted by Gasteiger charge is -2.19. The van der Waals surface area contributed by atoms with Gasteiger partial charge in [-0.25, -0.2) is 4.98 Å². The molecule has 0 saturated heterocycles. The Morgan fingerprint density at radius 3 is 2.81 bits per heavy atom. The van der Waals surface area contributed by atoms with Crippen molar-refractivity contribution in [1.29, 1.82) is 0 Å². The van der Waals surface area contributed by atoms with Gasteiger partial charge >= 0.3 is 0 Å². The van der Waals surface area contributed by atoms with Gasteiger partial charge in [0.15, 0.2) is 0 Å². The number of nitrogens with zero attached hydrogens (tertiary/aromatic N) is 2. The van der Waals surface area contributed by atoms with Crippen LogP contribution in [0.25, 0.3) is 11.1 Å². The second-order valence-corrected chi connectivity index (χ2v) is 4.59. The number of fused-ring (bicyclic) bond motifs is 3. The number of rotatable bonds is 0. The summed E-state index contributed by atoms with van der Waals surface area (Å²) >= 11 is 1.75. The molecule has 16 heavy (non-hydrogen) atoms. The second kappa shape index (κ2) is 3.38. The highest BCUT2D eigenvalue weighted by Crippen LogP contribution is 2.42. The molecule has 4 N–H and O–H groups in total. The summed E-state index contributed by atoms with van der Waals surface area (Å²) in [6.45, 7) is 0. The molecule has 0 saturated carbocycles. The summed E-state index contributed by atoms with van der Waals surface area (Å²) in [5.74, 6) is 1.51. The first-order chi connectivity index (χ1) is 7.75. The number of hydrogen-bond acceptors (Lipinski definition) is 5. The summed E-state index contributed by atoms with van der Waals surface area (Å²) in [6.07, 6.45) is 0. The van der Waals surface area contributed by atoms with Gasteiger partial charge < -0.3 is 11.5 Å². The van der Waals surface area contributed by atoms with Gasteiger partial charge in [-0.1, -0.05) is 18.2 Å². The quantitative estimate of drug-likeness (QED) is 0.723. The molecule has 0 amide bonds. The van der Waals surface area contributed by atoms with Crippen LogP contribution in [0.5, 0.6) is 0 Å². The molecule has 5 heteroatoms. The highest BCUT2D eigenvalue weighted by molar-refractivity contribution is 7.98. The van der Waals surface area contributed by atoms with Gasteiger partial charge in [-0.2, -0.15) is 4.98 Å². The standard InChI is InChI=1S/C11H10N4S/c12-10-9-6-3-1-2-4-8(6)16-5-7(9)14-11(13)15-10/h1-4H,5H2,(H4,12,13,14,15). The van der Waals surface area contributed by atoms with Crippen molar-refractivity contribution in [3.8, 4) is 11.1 Å². The molecule has 2 aromatic rings. The maximum atomic E-state index is 5.92. The third-order valence-corrected chi connectivity index (χ3v) is 3.63. The number of thioether (sulfide) groups is 1. The molecule has 1 aliphatic rings. The predicted octanol–water partition coefficient (Wildman–Crippen LogP) is 1.91. The Bertz CT molecular complexity index is 568. The maximum absolute atomic E-state index is 5.92. The molecular formula is C11H10N4S. The van der Waals surface area contributed by atoms with E-state index >= 15 is 0 Å². The van der Waals surface area contributed by atoms with Gasteiger partial charge in [0.25, 0.3) is 0 Å². The zero-order valence-electron chi connectivity index (χ0n) is 8.47. The summed E-state index contributed by atoms with van der Waals surface area (Å²) in [5.41, 5.74) is 14.5. The monoisotopic (exact) mass is 230 g/mol. The van der Waals surface area contributed by atoms with Gasteiger partial charge in [0.05, 0.1) is 5.69 Å². The molecule has 0 aliphatic carbocycles. The largest absolute Gasteiger partial charge is 0.383 e. The van der Waals surface area contributed by atoms with E-state index in [0.717, 1.165) is 22.6 Å². The molecule has 3 rings (SSSR count). The molecule has 0 fully saturated rings. The first-order valence-corrected chi connectivity index (χ1v) is 5.88. The van der Waals surface area contributed by atoms with Gasteiger partial charge in [-0.05, 0) is 6.07 Å². The Labute approximate surface area is 97.1 Å². The van der Waals surface area contributed by atoms with E-state index in [1.807, 2.05) is 18.2 Å². The highest BCUT2D eigenvalue weighted by Gasteiger charge is 2.20. The molecule has 1 aromatic heterocycles. The average Bonchev–Trinajstić information content (AvgIpc) is 2.28. The average molecular weight is 230 g/mol. The fourth-order valence-electron chi connectivity index (χ4n) is 1.89. The molecule has 4 nitrogen and oxygen atoms in total. The van der Waals surface area contributed by atoms with Crippen molar-refractivity contribution in [1.82, 2.24) is 9.97 Å². The van der Waals surface area contributed by atoms with Crippen molar-refractivity contribution in [3.63, 3.8) is 0 Å². The third kappa shape index (κ3) is 1.32. The van der Waals surface area contributed by atoms with Gasteiger partial charge in [-0.15, -0.1) is 11.8 Å². The molecule has 0 unspecified atom stereocenters. The molecule has 1 aliphatic heterocycles. The Hall–Kier alpha value is -1.75. The molecular weight excluding hydrogens is 220 g/mol. The molecule has 0 bridgehead atoms. The van der Waals surface area contributed by atoms with Crippen LogP contribution in [-0.2, 0) is 5.75 Å². The smallest absolute Gasteiger partial charge is 0.222 e. The minimum absolute atomic E-state index is 0.247. The normalized spacial score (nSPS) is 13.0. The maximum Gasteiger partial charge on any atom is 0.222 e. The first kappa shape index (κ1) is 9.47. The van der Waals surface area contributed by atoms with E-state index in [-0.39, 0.29) is 5.95 Å². The van der Waals surface area contributed by atoms with Gasteiger partial charge in [-0.3, -0.25) is 0 Å². The minimum Gasteiger partial charge on any atom is -0.383 e. The van der Waals surface area contributed by atoms with E-state index in [4.69, 9.17) is 11.5 Å². The molecule has 0 atom stereocenters. The van der Waals surface area contributed by atoms with Crippen LogP contribution in [-0.4, -0.2) is 9.97 Å². The Kier molecular flexibility index (Phi) is 2.00. The van der Waals surface area contributed by atoms with Crippen molar-refractivity contribution in [2.45, 2.75) is 10.6 Å². The van der Waals surface area contributed by atoms with E-state index < -0.39 is 0 Å². The number of anilines is 2. The summed E-state index contributed by atoms with van der Waals surface area (Å²) in [7, 11) is 0. The van der Waals surface area contributed by atoms with Crippen LogP contribution in [0.4, 0.5) is 11.8 Å². The van der Waals surface area contributed by atoms with Gasteiger partial charge in [0.2, 0.25) is 5.95 Å². The summed E-state index contributed by atoms with van der Waals surface area (Å²) in [6, 6.07) is 8.13. The lowest BCUT2D eigenvalue weighted by molar-refractivity contribution is 1.10. The van der Waals surface area contributed by atoms with E-state index in [2.05, 4.69) is 16.0 Å². The predicted molar refractivity (Wildman–Crippen MR) is 65.9 cm³/mol. The SMILES string of the molecule is Nc1nc(N)c2c(n1)CSc1ccccc1-2. The van der Waals surface area contributed by atoms with E-state index in [1.165, 1.54) is 4.90 Å². The number of benzene rings is 1. The Morgan fingerprint density at radius 1 is 1.12 bits per heavy atom. The fourth-order valence-corrected chi connectivity index (χ4v) is 2.89. The first-order valence-electron chi connectivity index (χ1n) is 4.90. The summed E-state index contributed by atoms with van der Waals surface area (Å²) < 4.78 is 0. The summed E-state index contributed by atoms with van der Waals surface area (Å²) in [4.78, 5) is 9.48. The van der Waals surface area contributed by atoms with Crippen LogP contribution < -0.4 is 11.5 Å². The summed E-state index contributed by atoms with van der Waals surface area (Å²) in [5, 5.41) is 0. The second-order valence-electron chi connectivity index (χ2n) is 3.57. The van der Waals surface area contributed by atoms with Crippen molar-refractivity contribution in [2.24, 2.45) is 0 Å². The van der Waals surface area contributed by atoms with Gasteiger partial charge in [0, 0.05) is 21.8 Å². The van der Waals surface area contributed by atoms with Crippen LogP contribution in [0, 0.1) is 0 Å². The van der Waals surface area contributed by atoms with Crippen LogP contribution in [0.2, 0.25) is 0 Å². The molecule has 2 heterocycles. The third-order valence-electron chi connectivity index (χ3n) is 2.55. The van der Waals surface area contributed by atoms with Crippen LogP contribution in [0.3, 0.4) is 0 Å². The lowest BCUT2D eigenvalue weighted by Crippen LogP contribution is -2.08. The Morgan fingerprint density at radius 2 is 1.94 bits per heavy atom. The lowest BCUT2D eigenvalue weighted by atomic mass is 10.0. The van der Waals surface area contributed by atoms with Crippen LogP contribution in [0.1, 0.15) is 5.69 Å². The molecule has 1 aromatic carbocycles. The zero-order valence-corrected chi connectivity index (χ0v) is 9.29. The highest BCUT2D eigenvalue weighted by atomic mass is 32.2. The molecule has 0 radical (unpaired) electrons. The van der Waals surface area contributed by atoms with Gasteiger partial charge in [0.1, 0.15) is 5.82 Å². The number of aromatic nitrogens is 2. The van der Waals surface area contributed by atoms with Crippen molar-refractivity contribution < 1.29 is 0 Å². The topological polar surface area (TPSA) is 77.8 Å². The number of nitrogens with two attached hydrogens (primary N) is 2. The van der Waals surface area contributed by atoms with Crippen molar-refractivity contribution >= 4 is 23.5 Å². The fraction of sp³-hybridized carbons (Fsp3) is 0.0909. The van der Waals surface area contributed by atoms with Crippen molar-refractivity contribution in [3.05, 3.63) is 30.0 Å². The number of hydrogen-bond donors (Lipinski definition) is 2. The van der Waals surface area contributed by atoms with E-state index in [9.17, 15) is 0 Å². The Balaban J connectivity index is 2.32. The van der Waals surface area contributed by atoms with E-state index in [0.29, 0.717) is 5.82 Å². The molecule has 80 valence electrons. The minimum atomic E-state index is 0.247. The van der Waals surface area contributed by atoms with Crippen LogP contribution in [0.15, 0.2) is 29.2 Å². The van der Waals surface area contributed by atoms with Crippen molar-refractivity contribution in [2.75, 3.05) is 11.5 Å². The zero-order chi connectivity index (χ0) is 11.1. The molecule has 0 spiro atoms. The van der Waals surface area contributed by atoms with E-state index in [1.54, 1.807) is 11.8 Å². The number of nitrogen functional groups attached to an aromatic ring is 2.